The van der Waals surface area contributed by atoms with Gasteiger partial charge in [-0.3, -0.25) is 4.79 Å². The van der Waals surface area contributed by atoms with Crippen LogP contribution in [-0.4, -0.2) is 21.3 Å². The van der Waals surface area contributed by atoms with Crippen LogP contribution < -0.4 is 11.1 Å². The molecule has 0 aromatic carbocycles. The first kappa shape index (κ1) is 10.3. The number of hydrogen-bond acceptors (Lipinski definition) is 3. The number of hydrogen-bond donors (Lipinski definition) is 2. The van der Waals surface area contributed by atoms with Crippen molar-refractivity contribution in [1.82, 2.24) is 14.7 Å². The maximum atomic E-state index is 11.4. The van der Waals surface area contributed by atoms with E-state index >= 15 is 0 Å². The van der Waals surface area contributed by atoms with Crippen molar-refractivity contribution in [2.45, 2.75) is 24.9 Å². The summed E-state index contributed by atoms with van der Waals surface area (Å²) < 4.78 is 1.93. The predicted octanol–water partition coefficient (Wildman–Crippen LogP) is 0.613. The van der Waals surface area contributed by atoms with Gasteiger partial charge in [-0.1, -0.05) is 6.07 Å². The van der Waals surface area contributed by atoms with Gasteiger partial charge in [-0.2, -0.15) is 0 Å². The summed E-state index contributed by atoms with van der Waals surface area (Å²) in [5.74, 6) is 0.0498. The molecule has 2 unspecified atom stereocenters. The highest BCUT2D eigenvalue weighted by Gasteiger charge is 2.28. The van der Waals surface area contributed by atoms with Crippen LogP contribution in [0.4, 0.5) is 0 Å². The van der Waals surface area contributed by atoms with Gasteiger partial charge >= 0.3 is 0 Å². The third kappa shape index (κ3) is 1.78. The van der Waals surface area contributed by atoms with Crippen molar-refractivity contribution in [2.75, 3.05) is 0 Å². The Morgan fingerprint density at radius 2 is 2.35 bits per heavy atom. The molecule has 17 heavy (non-hydrogen) atoms. The summed E-state index contributed by atoms with van der Waals surface area (Å²) in [6.07, 6.45) is 5.07. The van der Waals surface area contributed by atoms with E-state index in [0.29, 0.717) is 12.8 Å². The number of fused-ring (bicyclic) bond motifs is 1. The predicted molar refractivity (Wildman–Crippen MR) is 63.3 cm³/mol. The molecule has 0 spiro atoms. The molecule has 1 aliphatic heterocycles. The fourth-order valence-corrected chi connectivity index (χ4v) is 2.21. The van der Waals surface area contributed by atoms with Crippen LogP contribution in [0.25, 0.3) is 5.65 Å². The van der Waals surface area contributed by atoms with Crippen LogP contribution in [0.2, 0.25) is 0 Å². The van der Waals surface area contributed by atoms with Gasteiger partial charge in [0.1, 0.15) is 5.65 Å². The van der Waals surface area contributed by atoms with Gasteiger partial charge in [0.2, 0.25) is 5.91 Å². The highest BCUT2D eigenvalue weighted by Crippen LogP contribution is 2.22. The van der Waals surface area contributed by atoms with E-state index in [4.69, 9.17) is 5.73 Å². The van der Waals surface area contributed by atoms with Gasteiger partial charge in [0, 0.05) is 24.9 Å². The summed E-state index contributed by atoms with van der Waals surface area (Å²) in [5, 5.41) is 2.90. The van der Waals surface area contributed by atoms with E-state index in [0.717, 1.165) is 11.3 Å². The van der Waals surface area contributed by atoms with Crippen molar-refractivity contribution in [3.05, 3.63) is 36.3 Å². The SMILES string of the molecule is NC1CCC(=O)NC1c1cn2ccccc2n1. The largest absolute Gasteiger partial charge is 0.346 e. The minimum absolute atomic E-state index is 0.0498. The van der Waals surface area contributed by atoms with Crippen molar-refractivity contribution in [2.24, 2.45) is 5.73 Å². The zero-order chi connectivity index (χ0) is 11.8. The number of imidazole rings is 1. The fraction of sp³-hybridized carbons (Fsp3) is 0.333. The zero-order valence-corrected chi connectivity index (χ0v) is 9.34. The van der Waals surface area contributed by atoms with Crippen molar-refractivity contribution in [1.29, 1.82) is 0 Å². The van der Waals surface area contributed by atoms with Gasteiger partial charge in [0.25, 0.3) is 0 Å². The van der Waals surface area contributed by atoms with E-state index in [9.17, 15) is 4.79 Å². The molecule has 0 aliphatic carbocycles. The Balaban J connectivity index is 1.99. The Bertz CT molecular complexity index is 529. The van der Waals surface area contributed by atoms with Crippen molar-refractivity contribution < 1.29 is 4.79 Å². The smallest absolute Gasteiger partial charge is 0.220 e. The molecule has 5 nitrogen and oxygen atoms in total. The molecule has 1 amide bonds. The Hall–Kier alpha value is -1.88. The van der Waals surface area contributed by atoms with Gasteiger partial charge < -0.3 is 15.5 Å². The molecule has 2 aromatic heterocycles. The van der Waals surface area contributed by atoms with E-state index < -0.39 is 0 Å². The molecule has 5 heteroatoms. The Labute approximate surface area is 98.6 Å². The lowest BCUT2D eigenvalue weighted by molar-refractivity contribution is -0.123. The van der Waals surface area contributed by atoms with E-state index in [1.807, 2.05) is 35.0 Å². The average molecular weight is 230 g/mol. The molecule has 3 heterocycles. The quantitative estimate of drug-likeness (QED) is 0.754. The molecule has 0 bridgehead atoms. The van der Waals surface area contributed by atoms with Gasteiger partial charge in [0.15, 0.2) is 0 Å². The van der Waals surface area contributed by atoms with Crippen LogP contribution in [0.15, 0.2) is 30.6 Å². The maximum absolute atomic E-state index is 11.4. The number of piperidine rings is 1. The van der Waals surface area contributed by atoms with Crippen LogP contribution >= 0.6 is 0 Å². The van der Waals surface area contributed by atoms with Gasteiger partial charge in [0.05, 0.1) is 11.7 Å². The molecule has 1 fully saturated rings. The summed E-state index contributed by atoms with van der Waals surface area (Å²) in [7, 11) is 0. The maximum Gasteiger partial charge on any atom is 0.220 e. The highest BCUT2D eigenvalue weighted by atomic mass is 16.1. The number of carbonyl (C=O) groups is 1. The monoisotopic (exact) mass is 230 g/mol. The van der Waals surface area contributed by atoms with Crippen LogP contribution in [0.1, 0.15) is 24.6 Å². The number of nitrogens with one attached hydrogen (secondary N) is 1. The van der Waals surface area contributed by atoms with E-state index in [1.165, 1.54) is 0 Å². The minimum Gasteiger partial charge on any atom is -0.346 e. The third-order valence-corrected chi connectivity index (χ3v) is 3.15. The van der Waals surface area contributed by atoms with E-state index in [2.05, 4.69) is 10.3 Å². The molecule has 2 aromatic rings. The van der Waals surface area contributed by atoms with Crippen LogP contribution in [0.3, 0.4) is 0 Å². The van der Waals surface area contributed by atoms with E-state index in [-0.39, 0.29) is 18.0 Å². The van der Waals surface area contributed by atoms with Gasteiger partial charge in [-0.15, -0.1) is 0 Å². The molecule has 1 saturated heterocycles. The Morgan fingerprint density at radius 3 is 3.18 bits per heavy atom. The molecule has 3 rings (SSSR count). The molecular formula is C12H14N4O. The summed E-state index contributed by atoms with van der Waals surface area (Å²) >= 11 is 0. The average Bonchev–Trinajstić information content (AvgIpc) is 2.75. The number of carbonyl (C=O) groups excluding carboxylic acids is 1. The minimum atomic E-state index is -0.170. The van der Waals surface area contributed by atoms with Crippen LogP contribution in [0, 0.1) is 0 Å². The summed E-state index contributed by atoms with van der Waals surface area (Å²) in [6.45, 7) is 0. The Morgan fingerprint density at radius 1 is 1.47 bits per heavy atom. The third-order valence-electron chi connectivity index (χ3n) is 3.15. The lowest BCUT2D eigenvalue weighted by Gasteiger charge is -2.27. The van der Waals surface area contributed by atoms with Crippen LogP contribution in [-0.2, 0) is 4.79 Å². The molecule has 1 aliphatic rings. The first-order chi connectivity index (χ1) is 8.24. The molecular weight excluding hydrogens is 216 g/mol. The molecule has 3 N–H and O–H groups in total. The summed E-state index contributed by atoms with van der Waals surface area (Å²) in [5.41, 5.74) is 7.73. The second-order valence-corrected chi connectivity index (χ2v) is 4.38. The molecule has 0 saturated carbocycles. The van der Waals surface area contributed by atoms with Gasteiger partial charge in [-0.05, 0) is 18.6 Å². The number of nitrogens with zero attached hydrogens (tertiary/aromatic N) is 2. The summed E-state index contributed by atoms with van der Waals surface area (Å²) in [6, 6.07) is 5.58. The topological polar surface area (TPSA) is 72.4 Å². The first-order valence-electron chi connectivity index (χ1n) is 5.72. The highest BCUT2D eigenvalue weighted by molar-refractivity contribution is 5.77. The lowest BCUT2D eigenvalue weighted by atomic mass is 9.97. The normalized spacial score (nSPS) is 24.9. The number of amides is 1. The second kappa shape index (κ2) is 3.85. The number of pyridine rings is 1. The fourth-order valence-electron chi connectivity index (χ4n) is 2.21. The Kier molecular flexibility index (Phi) is 2.33. The second-order valence-electron chi connectivity index (χ2n) is 4.38. The van der Waals surface area contributed by atoms with Crippen molar-refractivity contribution in [3.8, 4) is 0 Å². The number of nitrogens with two attached hydrogens (primary N) is 1. The van der Waals surface area contributed by atoms with Gasteiger partial charge in [-0.25, -0.2) is 4.98 Å². The lowest BCUT2D eigenvalue weighted by Crippen LogP contribution is -2.45. The first-order valence-corrected chi connectivity index (χ1v) is 5.72. The van der Waals surface area contributed by atoms with Crippen molar-refractivity contribution >= 4 is 11.6 Å². The number of aromatic nitrogens is 2. The van der Waals surface area contributed by atoms with E-state index in [1.54, 1.807) is 0 Å². The number of rotatable bonds is 1. The molecule has 2 atom stereocenters. The van der Waals surface area contributed by atoms with Crippen molar-refractivity contribution in [3.63, 3.8) is 0 Å². The van der Waals surface area contributed by atoms with Crippen LogP contribution in [0.5, 0.6) is 0 Å². The molecule has 88 valence electrons. The zero-order valence-electron chi connectivity index (χ0n) is 9.34. The summed E-state index contributed by atoms with van der Waals surface area (Å²) in [4.78, 5) is 15.9. The molecule has 0 radical (unpaired) electrons. The standard InChI is InChI=1S/C12H14N4O/c13-8-4-5-11(17)15-12(8)9-7-16-6-2-1-3-10(16)14-9/h1-3,6-8,12H,4-5,13H2,(H,15,17).